The SMILES string of the molecule is COc1ccc(-c2noc(CSc3nnc(C4CC4)n3-c3ccccc3)n2)cc1. The van der Waals surface area contributed by atoms with Gasteiger partial charge in [-0.25, -0.2) is 0 Å². The lowest BCUT2D eigenvalue weighted by atomic mass is 10.2. The second kappa shape index (κ2) is 7.71. The van der Waals surface area contributed by atoms with Crippen molar-refractivity contribution in [1.29, 1.82) is 0 Å². The molecule has 146 valence electrons. The molecule has 29 heavy (non-hydrogen) atoms. The summed E-state index contributed by atoms with van der Waals surface area (Å²) in [6.45, 7) is 0. The van der Waals surface area contributed by atoms with Gasteiger partial charge in [-0.2, -0.15) is 4.98 Å². The highest BCUT2D eigenvalue weighted by Gasteiger charge is 2.31. The van der Waals surface area contributed by atoms with E-state index in [1.54, 1.807) is 18.9 Å². The van der Waals surface area contributed by atoms with Gasteiger partial charge in [0.15, 0.2) is 5.16 Å². The first-order chi connectivity index (χ1) is 14.3. The largest absolute Gasteiger partial charge is 0.497 e. The molecule has 0 spiro atoms. The van der Waals surface area contributed by atoms with Gasteiger partial charge in [-0.15, -0.1) is 10.2 Å². The molecule has 4 aromatic rings. The van der Waals surface area contributed by atoms with Crippen molar-refractivity contribution in [3.05, 3.63) is 66.3 Å². The number of benzene rings is 2. The Kier molecular flexibility index (Phi) is 4.77. The molecule has 1 aliphatic carbocycles. The molecule has 2 aromatic carbocycles. The number of methoxy groups -OCH3 is 1. The highest BCUT2D eigenvalue weighted by atomic mass is 32.2. The van der Waals surface area contributed by atoms with Crippen LogP contribution in [0.2, 0.25) is 0 Å². The van der Waals surface area contributed by atoms with Gasteiger partial charge in [0.05, 0.1) is 12.9 Å². The number of thioether (sulfide) groups is 1. The molecule has 0 unspecified atom stereocenters. The van der Waals surface area contributed by atoms with Crippen LogP contribution in [0.15, 0.2) is 64.3 Å². The van der Waals surface area contributed by atoms with Crippen LogP contribution in [0, 0.1) is 0 Å². The Hall–Kier alpha value is -3.13. The molecule has 1 aliphatic rings. The third kappa shape index (κ3) is 3.75. The van der Waals surface area contributed by atoms with Crippen molar-refractivity contribution in [3.63, 3.8) is 0 Å². The van der Waals surface area contributed by atoms with Gasteiger partial charge in [0.1, 0.15) is 11.6 Å². The summed E-state index contributed by atoms with van der Waals surface area (Å²) in [6.07, 6.45) is 2.34. The van der Waals surface area contributed by atoms with Crippen molar-refractivity contribution >= 4 is 11.8 Å². The first-order valence-electron chi connectivity index (χ1n) is 9.42. The van der Waals surface area contributed by atoms with E-state index >= 15 is 0 Å². The van der Waals surface area contributed by atoms with Gasteiger partial charge in [0, 0.05) is 17.2 Å². The Labute approximate surface area is 172 Å². The predicted octanol–water partition coefficient (Wildman–Crippen LogP) is 4.50. The average molecular weight is 405 g/mol. The molecule has 0 atom stereocenters. The second-order valence-electron chi connectivity index (χ2n) is 6.81. The highest BCUT2D eigenvalue weighted by Crippen LogP contribution is 2.41. The van der Waals surface area contributed by atoms with E-state index in [9.17, 15) is 0 Å². The number of ether oxygens (including phenoxy) is 1. The Bertz CT molecular complexity index is 1100. The summed E-state index contributed by atoms with van der Waals surface area (Å²) in [4.78, 5) is 4.51. The van der Waals surface area contributed by atoms with Gasteiger partial charge in [0.25, 0.3) is 0 Å². The van der Waals surface area contributed by atoms with E-state index in [2.05, 4.69) is 37.0 Å². The van der Waals surface area contributed by atoms with Gasteiger partial charge in [-0.05, 0) is 49.2 Å². The van der Waals surface area contributed by atoms with E-state index in [1.807, 2.05) is 42.5 Å². The number of rotatable bonds is 7. The van der Waals surface area contributed by atoms with E-state index in [-0.39, 0.29) is 0 Å². The van der Waals surface area contributed by atoms with E-state index in [0.717, 1.165) is 28.0 Å². The minimum atomic E-state index is 0.502. The zero-order valence-electron chi connectivity index (χ0n) is 15.9. The van der Waals surface area contributed by atoms with Crippen molar-refractivity contribution < 1.29 is 9.26 Å². The number of nitrogens with zero attached hydrogens (tertiary/aromatic N) is 5. The van der Waals surface area contributed by atoms with Crippen LogP contribution in [0.1, 0.15) is 30.5 Å². The zero-order chi connectivity index (χ0) is 19.6. The fourth-order valence-corrected chi connectivity index (χ4v) is 3.89. The second-order valence-corrected chi connectivity index (χ2v) is 7.76. The van der Waals surface area contributed by atoms with Crippen LogP contribution in [0.4, 0.5) is 0 Å². The normalized spacial score (nSPS) is 13.6. The fraction of sp³-hybridized carbons (Fsp3) is 0.238. The summed E-state index contributed by atoms with van der Waals surface area (Å²) in [7, 11) is 1.64. The van der Waals surface area contributed by atoms with E-state index in [1.165, 1.54) is 12.8 Å². The number of para-hydroxylation sites is 1. The van der Waals surface area contributed by atoms with Crippen molar-refractivity contribution in [2.24, 2.45) is 0 Å². The van der Waals surface area contributed by atoms with Crippen LogP contribution in [0.3, 0.4) is 0 Å². The summed E-state index contributed by atoms with van der Waals surface area (Å²) in [5, 5.41) is 13.8. The Morgan fingerprint density at radius 2 is 1.86 bits per heavy atom. The summed E-state index contributed by atoms with van der Waals surface area (Å²) < 4.78 is 12.8. The summed E-state index contributed by atoms with van der Waals surface area (Å²) in [5.41, 5.74) is 1.96. The van der Waals surface area contributed by atoms with E-state index in [4.69, 9.17) is 9.26 Å². The quantitative estimate of drug-likeness (QED) is 0.419. The zero-order valence-corrected chi connectivity index (χ0v) is 16.7. The van der Waals surface area contributed by atoms with Gasteiger partial charge < -0.3 is 9.26 Å². The topological polar surface area (TPSA) is 78.9 Å². The van der Waals surface area contributed by atoms with Crippen LogP contribution in [-0.4, -0.2) is 32.0 Å². The lowest BCUT2D eigenvalue weighted by molar-refractivity contribution is 0.391. The molecule has 7 nitrogen and oxygen atoms in total. The minimum absolute atomic E-state index is 0.502. The Morgan fingerprint density at radius 1 is 1.07 bits per heavy atom. The van der Waals surface area contributed by atoms with Gasteiger partial charge in [0.2, 0.25) is 11.7 Å². The van der Waals surface area contributed by atoms with Crippen molar-refractivity contribution in [2.45, 2.75) is 29.7 Å². The van der Waals surface area contributed by atoms with Crippen molar-refractivity contribution in [3.8, 4) is 22.8 Å². The molecule has 1 saturated carbocycles. The first kappa shape index (κ1) is 17.9. The lowest BCUT2D eigenvalue weighted by Crippen LogP contribution is -2.01. The van der Waals surface area contributed by atoms with E-state index < -0.39 is 0 Å². The maximum absolute atomic E-state index is 5.44. The molecule has 0 bridgehead atoms. The molecular weight excluding hydrogens is 386 g/mol. The first-order valence-corrected chi connectivity index (χ1v) is 10.4. The Morgan fingerprint density at radius 3 is 2.59 bits per heavy atom. The lowest BCUT2D eigenvalue weighted by Gasteiger charge is -2.08. The summed E-state index contributed by atoms with van der Waals surface area (Å²) >= 11 is 1.55. The fourth-order valence-electron chi connectivity index (χ4n) is 3.10. The summed E-state index contributed by atoms with van der Waals surface area (Å²) in [6, 6.07) is 17.8. The summed E-state index contributed by atoms with van der Waals surface area (Å²) in [5.74, 6) is 3.96. The average Bonchev–Trinajstić information content (AvgIpc) is 3.36. The molecule has 1 fully saturated rings. The standard InChI is InChI=1S/C21H19N5O2S/c1-27-17-11-9-14(10-12-17)19-22-18(28-25-19)13-29-21-24-23-20(15-7-8-15)26(21)16-5-3-2-4-6-16/h2-6,9-12,15H,7-8,13H2,1H3. The Balaban J connectivity index is 1.35. The van der Waals surface area contributed by atoms with Gasteiger partial charge in [-0.1, -0.05) is 35.1 Å². The predicted molar refractivity (Wildman–Crippen MR) is 109 cm³/mol. The van der Waals surface area contributed by atoms with Crippen LogP contribution >= 0.6 is 11.8 Å². The maximum Gasteiger partial charge on any atom is 0.237 e. The number of hydrogen-bond acceptors (Lipinski definition) is 7. The molecule has 5 rings (SSSR count). The molecule has 2 heterocycles. The minimum Gasteiger partial charge on any atom is -0.497 e. The van der Waals surface area contributed by atoms with Crippen molar-refractivity contribution in [2.75, 3.05) is 7.11 Å². The van der Waals surface area contributed by atoms with E-state index in [0.29, 0.717) is 23.4 Å². The monoisotopic (exact) mass is 405 g/mol. The molecule has 2 aromatic heterocycles. The molecule has 0 saturated heterocycles. The van der Waals surface area contributed by atoms with Crippen molar-refractivity contribution in [1.82, 2.24) is 24.9 Å². The van der Waals surface area contributed by atoms with Gasteiger partial charge >= 0.3 is 0 Å². The third-order valence-electron chi connectivity index (χ3n) is 4.76. The molecule has 0 aliphatic heterocycles. The van der Waals surface area contributed by atoms with Crippen LogP contribution in [0.5, 0.6) is 5.75 Å². The molecule has 0 amide bonds. The molecular formula is C21H19N5O2S. The van der Waals surface area contributed by atoms with Gasteiger partial charge in [-0.3, -0.25) is 4.57 Å². The molecule has 8 heteroatoms. The maximum atomic E-state index is 5.44. The smallest absolute Gasteiger partial charge is 0.237 e. The van der Waals surface area contributed by atoms with Crippen LogP contribution in [0.25, 0.3) is 17.1 Å². The van der Waals surface area contributed by atoms with Crippen LogP contribution < -0.4 is 4.74 Å². The molecule has 0 radical (unpaired) electrons. The number of aromatic nitrogens is 5. The number of hydrogen-bond donors (Lipinski definition) is 0. The third-order valence-corrected chi connectivity index (χ3v) is 5.67. The van der Waals surface area contributed by atoms with Crippen LogP contribution in [-0.2, 0) is 5.75 Å². The molecule has 0 N–H and O–H groups in total. The highest BCUT2D eigenvalue weighted by molar-refractivity contribution is 7.98.